The summed E-state index contributed by atoms with van der Waals surface area (Å²) in [4.78, 5) is 14.2. The molecule has 0 saturated carbocycles. The Hall–Kier alpha value is -2.41. The lowest BCUT2D eigenvalue weighted by Crippen LogP contribution is -2.50. The monoisotopic (exact) mass is 358 g/mol. The van der Waals surface area contributed by atoms with Crippen LogP contribution in [0.4, 0.5) is 0 Å². The van der Waals surface area contributed by atoms with Crippen molar-refractivity contribution in [1.82, 2.24) is 19.9 Å². The number of hydrogen-bond acceptors (Lipinski definition) is 5. The van der Waals surface area contributed by atoms with Gasteiger partial charge in [0.2, 0.25) is 0 Å². The third kappa shape index (κ3) is 4.04. The first-order valence-electron chi connectivity index (χ1n) is 8.99. The van der Waals surface area contributed by atoms with Gasteiger partial charge in [-0.1, -0.05) is 22.9 Å². The maximum Gasteiger partial charge on any atom is 0.260 e. The molecule has 1 atom stereocenters. The maximum absolute atomic E-state index is 12.5. The van der Waals surface area contributed by atoms with Crippen molar-refractivity contribution in [2.45, 2.75) is 45.3 Å². The fourth-order valence-electron chi connectivity index (χ4n) is 3.07. The van der Waals surface area contributed by atoms with Crippen LogP contribution in [0.3, 0.4) is 0 Å². The van der Waals surface area contributed by atoms with Crippen molar-refractivity contribution in [3.8, 4) is 5.75 Å². The lowest BCUT2D eigenvalue weighted by molar-refractivity contribution is -0.141. The van der Waals surface area contributed by atoms with E-state index in [4.69, 9.17) is 4.74 Å². The van der Waals surface area contributed by atoms with E-state index < -0.39 is 5.60 Å². The summed E-state index contributed by atoms with van der Waals surface area (Å²) in [7, 11) is 0. The van der Waals surface area contributed by atoms with Crippen molar-refractivity contribution in [3.63, 3.8) is 0 Å². The van der Waals surface area contributed by atoms with Gasteiger partial charge in [0.1, 0.15) is 17.0 Å². The van der Waals surface area contributed by atoms with Crippen LogP contribution in [0, 0.1) is 6.92 Å². The Balaban J connectivity index is 1.63. The van der Waals surface area contributed by atoms with Gasteiger partial charge in [0, 0.05) is 12.6 Å². The number of benzene rings is 1. The number of piperidine rings is 1. The Bertz CT molecular complexity index is 756. The number of rotatable bonds is 5. The van der Waals surface area contributed by atoms with E-state index in [-0.39, 0.29) is 25.1 Å². The van der Waals surface area contributed by atoms with E-state index in [1.54, 1.807) is 15.8 Å². The molecule has 1 N–H and O–H groups in total. The third-order valence-electron chi connectivity index (χ3n) is 4.72. The number of amides is 1. The molecule has 0 spiro atoms. The smallest absolute Gasteiger partial charge is 0.260 e. The molecule has 3 rings (SSSR count). The lowest BCUT2D eigenvalue weighted by atomic mass is 9.90. The van der Waals surface area contributed by atoms with Crippen LogP contribution >= 0.6 is 0 Å². The molecule has 0 radical (unpaired) electrons. The van der Waals surface area contributed by atoms with Crippen molar-refractivity contribution < 1.29 is 14.6 Å². The van der Waals surface area contributed by atoms with Crippen molar-refractivity contribution in [2.24, 2.45) is 0 Å². The van der Waals surface area contributed by atoms with Gasteiger partial charge in [-0.15, -0.1) is 5.10 Å². The lowest BCUT2D eigenvalue weighted by Gasteiger charge is -2.37. The summed E-state index contributed by atoms with van der Waals surface area (Å²) in [6.07, 6.45) is 3.04. The summed E-state index contributed by atoms with van der Waals surface area (Å²) in [5.41, 5.74) is 0.493. The van der Waals surface area contributed by atoms with Crippen LogP contribution in [0.25, 0.3) is 0 Å². The summed E-state index contributed by atoms with van der Waals surface area (Å²) < 4.78 is 7.30. The van der Waals surface area contributed by atoms with E-state index >= 15 is 0 Å². The Labute approximate surface area is 153 Å². The summed E-state index contributed by atoms with van der Waals surface area (Å²) in [6.45, 7) is 6.77. The fourth-order valence-corrected chi connectivity index (χ4v) is 3.07. The molecule has 1 aliphatic rings. The molecule has 0 unspecified atom stereocenters. The Morgan fingerprint density at radius 2 is 2.08 bits per heavy atom. The molecule has 2 aromatic rings. The first-order valence-corrected chi connectivity index (χ1v) is 8.99. The number of hydrogen-bond donors (Lipinski definition) is 1. The highest BCUT2D eigenvalue weighted by Gasteiger charge is 2.39. The Morgan fingerprint density at radius 3 is 2.73 bits per heavy atom. The molecular formula is C19H26N4O3. The van der Waals surface area contributed by atoms with Crippen LogP contribution in [-0.2, 0) is 10.4 Å². The Morgan fingerprint density at radius 1 is 1.35 bits per heavy atom. The zero-order chi connectivity index (χ0) is 18.7. The zero-order valence-electron chi connectivity index (χ0n) is 15.6. The van der Waals surface area contributed by atoms with Crippen LogP contribution < -0.4 is 4.74 Å². The molecule has 2 heterocycles. The number of aryl methyl sites for hydroxylation is 1. The summed E-state index contributed by atoms with van der Waals surface area (Å²) in [5.74, 6) is 0.524. The van der Waals surface area contributed by atoms with Gasteiger partial charge in [-0.05, 0) is 45.7 Å². The van der Waals surface area contributed by atoms with Crippen LogP contribution in [0.1, 0.15) is 44.0 Å². The first kappa shape index (κ1) is 18.4. The van der Waals surface area contributed by atoms with E-state index in [2.05, 4.69) is 10.3 Å². The molecule has 1 aromatic carbocycles. The highest BCUT2D eigenvalue weighted by molar-refractivity contribution is 5.78. The van der Waals surface area contributed by atoms with Crippen LogP contribution in [0.5, 0.6) is 5.75 Å². The van der Waals surface area contributed by atoms with E-state index in [9.17, 15) is 9.90 Å². The van der Waals surface area contributed by atoms with E-state index in [1.165, 1.54) is 0 Å². The molecule has 1 aromatic heterocycles. The molecule has 1 aliphatic heterocycles. The van der Waals surface area contributed by atoms with Gasteiger partial charge in [0.25, 0.3) is 5.91 Å². The first-order chi connectivity index (χ1) is 12.4. The van der Waals surface area contributed by atoms with Gasteiger partial charge in [-0.3, -0.25) is 4.79 Å². The molecule has 0 aliphatic carbocycles. The second-order valence-electron chi connectivity index (χ2n) is 7.23. The molecule has 0 bridgehead atoms. The normalized spacial score (nSPS) is 20.4. The minimum absolute atomic E-state index is 0.0438. The summed E-state index contributed by atoms with van der Waals surface area (Å²) in [6, 6.07) is 7.75. The molecule has 26 heavy (non-hydrogen) atoms. The predicted molar refractivity (Wildman–Crippen MR) is 96.8 cm³/mol. The standard InChI is InChI=1S/C19H26N4O3/c1-14(2)23-11-17(20-21-23)19(25)9-4-10-22(13-19)18(24)12-26-16-7-5-15(3)6-8-16/h5-8,11,14,25H,4,9-10,12-13H2,1-3H3/t19-/m0/s1. The Kier molecular flexibility index (Phi) is 5.27. The molecule has 7 heteroatoms. The number of carbonyl (C=O) groups excluding carboxylic acids is 1. The summed E-state index contributed by atoms with van der Waals surface area (Å²) >= 11 is 0. The van der Waals surface area contributed by atoms with Crippen LogP contribution in [0.15, 0.2) is 30.5 Å². The van der Waals surface area contributed by atoms with Gasteiger partial charge in [0.15, 0.2) is 6.61 Å². The zero-order valence-corrected chi connectivity index (χ0v) is 15.6. The van der Waals surface area contributed by atoms with E-state index in [0.717, 1.165) is 5.56 Å². The summed E-state index contributed by atoms with van der Waals surface area (Å²) in [5, 5.41) is 19.2. The van der Waals surface area contributed by atoms with Crippen molar-refractivity contribution >= 4 is 5.91 Å². The second kappa shape index (κ2) is 7.45. The number of likely N-dealkylation sites (tertiary alicyclic amines) is 1. The fraction of sp³-hybridized carbons (Fsp3) is 0.526. The number of carbonyl (C=O) groups is 1. The molecule has 1 amide bonds. The minimum atomic E-state index is -1.16. The largest absolute Gasteiger partial charge is 0.484 e. The quantitative estimate of drug-likeness (QED) is 0.885. The predicted octanol–water partition coefficient (Wildman–Crippen LogP) is 2.06. The molecule has 1 fully saturated rings. The number of β-amino-alcohol motifs (C(OH)–C–C–N with tert-alkyl or cyclic N) is 1. The number of nitrogens with zero attached hydrogens (tertiary/aromatic N) is 4. The van der Waals surface area contributed by atoms with Gasteiger partial charge < -0.3 is 14.7 Å². The average molecular weight is 358 g/mol. The second-order valence-corrected chi connectivity index (χ2v) is 7.23. The molecular weight excluding hydrogens is 332 g/mol. The molecule has 1 saturated heterocycles. The third-order valence-corrected chi connectivity index (χ3v) is 4.72. The molecule has 7 nitrogen and oxygen atoms in total. The topological polar surface area (TPSA) is 80.5 Å². The van der Waals surface area contributed by atoms with Crippen LogP contribution in [0.2, 0.25) is 0 Å². The van der Waals surface area contributed by atoms with Crippen molar-refractivity contribution in [2.75, 3.05) is 19.7 Å². The van der Waals surface area contributed by atoms with E-state index in [1.807, 2.05) is 45.0 Å². The number of aliphatic hydroxyl groups is 1. The van der Waals surface area contributed by atoms with Crippen molar-refractivity contribution in [1.29, 1.82) is 0 Å². The van der Waals surface area contributed by atoms with Crippen LogP contribution in [-0.4, -0.2) is 50.6 Å². The molecule has 140 valence electrons. The van der Waals surface area contributed by atoms with Gasteiger partial charge in [-0.25, -0.2) is 4.68 Å². The SMILES string of the molecule is Cc1ccc(OCC(=O)N2CCC[C@@](O)(c3cn(C(C)C)nn3)C2)cc1. The van der Waals surface area contributed by atoms with Gasteiger partial charge in [0.05, 0.1) is 12.7 Å². The number of aromatic nitrogens is 3. The van der Waals surface area contributed by atoms with E-state index in [0.29, 0.717) is 30.8 Å². The maximum atomic E-state index is 12.5. The minimum Gasteiger partial charge on any atom is -0.484 e. The highest BCUT2D eigenvalue weighted by atomic mass is 16.5. The highest BCUT2D eigenvalue weighted by Crippen LogP contribution is 2.30. The van der Waals surface area contributed by atoms with Gasteiger partial charge >= 0.3 is 0 Å². The number of ether oxygens (including phenoxy) is 1. The average Bonchev–Trinajstić information content (AvgIpc) is 3.12. The van der Waals surface area contributed by atoms with Crippen molar-refractivity contribution in [3.05, 3.63) is 41.7 Å². The van der Waals surface area contributed by atoms with Gasteiger partial charge in [-0.2, -0.15) is 0 Å².